The molecule has 1 heterocycles. The average Bonchev–Trinajstić information content (AvgIpc) is 2.94. The van der Waals surface area contributed by atoms with E-state index in [1.807, 2.05) is 60.8 Å². The Hall–Kier alpha value is -2.55. The molecule has 0 atom stereocenters. The molecule has 0 aliphatic carbocycles. The number of benzene rings is 2. The Balaban J connectivity index is 1.88. The van der Waals surface area contributed by atoms with Crippen molar-refractivity contribution in [2.45, 2.75) is 0 Å². The van der Waals surface area contributed by atoms with Gasteiger partial charge in [0.2, 0.25) is 0 Å². The van der Waals surface area contributed by atoms with E-state index in [9.17, 15) is 0 Å². The summed E-state index contributed by atoms with van der Waals surface area (Å²) in [7, 11) is 0. The summed E-state index contributed by atoms with van der Waals surface area (Å²) in [6.07, 6.45) is 3.66. The van der Waals surface area contributed by atoms with Gasteiger partial charge in [-0.2, -0.15) is 5.10 Å². The van der Waals surface area contributed by atoms with Gasteiger partial charge in [-0.1, -0.05) is 30.3 Å². The van der Waals surface area contributed by atoms with E-state index in [1.54, 1.807) is 6.20 Å². The summed E-state index contributed by atoms with van der Waals surface area (Å²) < 4.78 is 5.79. The number of H-pyrrole nitrogens is 1. The SMILES string of the molecule is c1ccc(Oc2cccc(-c3cn[nH]c3)c2)cc1. The highest BCUT2D eigenvalue weighted by Crippen LogP contribution is 2.26. The molecule has 0 bridgehead atoms. The fraction of sp³-hybridized carbons (Fsp3) is 0. The van der Waals surface area contributed by atoms with Crippen LogP contribution in [0.25, 0.3) is 11.1 Å². The molecule has 3 heteroatoms. The quantitative estimate of drug-likeness (QED) is 0.749. The third-order valence-corrected chi connectivity index (χ3v) is 2.64. The molecule has 1 N–H and O–H groups in total. The number of hydrogen-bond donors (Lipinski definition) is 1. The molecule has 0 radical (unpaired) electrons. The molecule has 88 valence electrons. The third-order valence-electron chi connectivity index (χ3n) is 2.64. The van der Waals surface area contributed by atoms with Gasteiger partial charge in [-0.25, -0.2) is 0 Å². The number of nitrogens with one attached hydrogen (secondary N) is 1. The van der Waals surface area contributed by atoms with Crippen LogP contribution in [-0.2, 0) is 0 Å². The Morgan fingerprint density at radius 3 is 2.44 bits per heavy atom. The van der Waals surface area contributed by atoms with Gasteiger partial charge in [0.15, 0.2) is 0 Å². The minimum Gasteiger partial charge on any atom is -0.457 e. The van der Waals surface area contributed by atoms with Crippen LogP contribution < -0.4 is 4.74 Å². The van der Waals surface area contributed by atoms with Crippen LogP contribution in [0, 0.1) is 0 Å². The van der Waals surface area contributed by atoms with E-state index in [0.29, 0.717) is 0 Å². The molecule has 3 nitrogen and oxygen atoms in total. The van der Waals surface area contributed by atoms with E-state index in [1.165, 1.54) is 0 Å². The fourth-order valence-corrected chi connectivity index (χ4v) is 1.77. The lowest BCUT2D eigenvalue weighted by Gasteiger charge is -2.06. The summed E-state index contributed by atoms with van der Waals surface area (Å²) in [5.41, 5.74) is 2.13. The van der Waals surface area contributed by atoms with Crippen LogP contribution in [0.15, 0.2) is 67.0 Å². The molecule has 0 aliphatic heterocycles. The maximum absolute atomic E-state index is 5.79. The average molecular weight is 236 g/mol. The first-order valence-electron chi connectivity index (χ1n) is 5.74. The van der Waals surface area contributed by atoms with Gasteiger partial charge >= 0.3 is 0 Å². The standard InChI is InChI=1S/C15H12N2O/c1-2-6-14(7-3-1)18-15-8-4-5-12(9-15)13-10-16-17-11-13/h1-11H,(H,16,17). The third kappa shape index (κ3) is 2.25. The minimum absolute atomic E-state index is 0.819. The summed E-state index contributed by atoms with van der Waals surface area (Å²) in [6.45, 7) is 0. The zero-order valence-corrected chi connectivity index (χ0v) is 9.71. The molecule has 1 aromatic heterocycles. The molecule has 0 fully saturated rings. The van der Waals surface area contributed by atoms with E-state index in [4.69, 9.17) is 4.74 Å². The van der Waals surface area contributed by atoms with Crippen molar-refractivity contribution in [3.05, 3.63) is 67.0 Å². The fourth-order valence-electron chi connectivity index (χ4n) is 1.77. The number of aromatic nitrogens is 2. The molecule has 0 saturated heterocycles. The summed E-state index contributed by atoms with van der Waals surface area (Å²) in [4.78, 5) is 0. The van der Waals surface area contributed by atoms with Crippen LogP contribution in [0.4, 0.5) is 0 Å². The highest BCUT2D eigenvalue weighted by molar-refractivity contribution is 5.63. The van der Waals surface area contributed by atoms with Gasteiger partial charge in [-0.3, -0.25) is 5.10 Å². The predicted octanol–water partition coefficient (Wildman–Crippen LogP) is 3.87. The second-order valence-corrected chi connectivity index (χ2v) is 3.93. The van der Waals surface area contributed by atoms with Crippen molar-refractivity contribution in [3.63, 3.8) is 0 Å². The van der Waals surface area contributed by atoms with Crippen molar-refractivity contribution in [3.8, 4) is 22.6 Å². The maximum Gasteiger partial charge on any atom is 0.128 e. The predicted molar refractivity (Wildman–Crippen MR) is 70.5 cm³/mol. The lowest BCUT2D eigenvalue weighted by molar-refractivity contribution is 0.483. The molecule has 0 spiro atoms. The van der Waals surface area contributed by atoms with Crippen molar-refractivity contribution in [2.24, 2.45) is 0 Å². The second kappa shape index (κ2) is 4.75. The molecule has 0 aliphatic rings. The van der Waals surface area contributed by atoms with Crippen LogP contribution in [0.2, 0.25) is 0 Å². The van der Waals surface area contributed by atoms with Crippen molar-refractivity contribution in [2.75, 3.05) is 0 Å². The van der Waals surface area contributed by atoms with Crippen molar-refractivity contribution < 1.29 is 4.74 Å². The summed E-state index contributed by atoms with van der Waals surface area (Å²) in [5, 5.41) is 6.75. The van der Waals surface area contributed by atoms with Crippen LogP contribution >= 0.6 is 0 Å². The Morgan fingerprint density at radius 2 is 1.67 bits per heavy atom. The maximum atomic E-state index is 5.79. The van der Waals surface area contributed by atoms with Gasteiger partial charge in [0.1, 0.15) is 11.5 Å². The Kier molecular flexibility index (Phi) is 2.80. The summed E-state index contributed by atoms with van der Waals surface area (Å²) in [5.74, 6) is 1.65. The second-order valence-electron chi connectivity index (χ2n) is 3.93. The topological polar surface area (TPSA) is 37.9 Å². The number of hydrogen-bond acceptors (Lipinski definition) is 2. The van der Waals surface area contributed by atoms with E-state index in [2.05, 4.69) is 10.2 Å². The zero-order valence-electron chi connectivity index (χ0n) is 9.71. The highest BCUT2D eigenvalue weighted by atomic mass is 16.5. The summed E-state index contributed by atoms with van der Waals surface area (Å²) in [6, 6.07) is 17.7. The number of ether oxygens (including phenoxy) is 1. The first-order valence-corrected chi connectivity index (χ1v) is 5.74. The van der Waals surface area contributed by atoms with Gasteiger partial charge < -0.3 is 4.74 Å². The molecule has 3 aromatic rings. The molecule has 3 rings (SSSR count). The first-order chi connectivity index (χ1) is 8.92. The Labute approximate surface area is 105 Å². The monoisotopic (exact) mass is 236 g/mol. The van der Waals surface area contributed by atoms with Gasteiger partial charge in [-0.05, 0) is 29.8 Å². The van der Waals surface area contributed by atoms with Crippen LogP contribution in [0.1, 0.15) is 0 Å². The smallest absolute Gasteiger partial charge is 0.128 e. The highest BCUT2D eigenvalue weighted by Gasteiger charge is 2.01. The van der Waals surface area contributed by atoms with E-state index >= 15 is 0 Å². The molecule has 2 aromatic carbocycles. The molecule has 18 heavy (non-hydrogen) atoms. The molecule has 0 amide bonds. The van der Waals surface area contributed by atoms with Crippen molar-refractivity contribution in [1.82, 2.24) is 10.2 Å². The molecule has 0 unspecified atom stereocenters. The van der Waals surface area contributed by atoms with Crippen LogP contribution in [0.5, 0.6) is 11.5 Å². The minimum atomic E-state index is 0.819. The van der Waals surface area contributed by atoms with Crippen LogP contribution in [0.3, 0.4) is 0 Å². The van der Waals surface area contributed by atoms with Crippen molar-refractivity contribution in [1.29, 1.82) is 0 Å². The first kappa shape index (κ1) is 10.6. The van der Waals surface area contributed by atoms with E-state index < -0.39 is 0 Å². The largest absolute Gasteiger partial charge is 0.457 e. The van der Waals surface area contributed by atoms with E-state index in [-0.39, 0.29) is 0 Å². The number of nitrogens with zero attached hydrogens (tertiary/aromatic N) is 1. The molecular weight excluding hydrogens is 224 g/mol. The van der Waals surface area contributed by atoms with E-state index in [0.717, 1.165) is 22.6 Å². The normalized spacial score (nSPS) is 10.2. The van der Waals surface area contributed by atoms with Crippen molar-refractivity contribution >= 4 is 0 Å². The van der Waals surface area contributed by atoms with Gasteiger partial charge in [0, 0.05) is 11.8 Å². The Bertz CT molecular complexity index is 618. The zero-order chi connectivity index (χ0) is 12.2. The number of rotatable bonds is 3. The summed E-state index contributed by atoms with van der Waals surface area (Å²) >= 11 is 0. The van der Waals surface area contributed by atoms with Gasteiger partial charge in [0.25, 0.3) is 0 Å². The lowest BCUT2D eigenvalue weighted by Crippen LogP contribution is -1.84. The van der Waals surface area contributed by atoms with Gasteiger partial charge in [-0.15, -0.1) is 0 Å². The van der Waals surface area contributed by atoms with Crippen LogP contribution in [-0.4, -0.2) is 10.2 Å². The lowest BCUT2D eigenvalue weighted by atomic mass is 10.1. The number of aromatic amines is 1. The molecular formula is C15H12N2O. The Morgan fingerprint density at radius 1 is 0.833 bits per heavy atom. The van der Waals surface area contributed by atoms with Gasteiger partial charge in [0.05, 0.1) is 6.20 Å². The molecule has 0 saturated carbocycles. The number of para-hydroxylation sites is 1.